The van der Waals surface area contributed by atoms with Crippen LogP contribution < -0.4 is 10.6 Å². The minimum Gasteiger partial charge on any atom is -0.353 e. The van der Waals surface area contributed by atoms with Crippen LogP contribution in [-0.4, -0.2) is 28.9 Å². The SMILES string of the molecule is O=C(N[C@H]1CC[C@@H](NC(=O)C2CCCCCC2)C1)c1ccc2ncsc2c1. The van der Waals surface area contributed by atoms with Crippen LogP contribution in [-0.2, 0) is 4.79 Å². The van der Waals surface area contributed by atoms with Crippen molar-refractivity contribution in [1.82, 2.24) is 15.6 Å². The quantitative estimate of drug-likeness (QED) is 0.781. The topological polar surface area (TPSA) is 71.1 Å². The first-order valence-corrected chi connectivity index (χ1v) is 11.0. The van der Waals surface area contributed by atoms with Crippen LogP contribution in [0, 0.1) is 5.92 Å². The van der Waals surface area contributed by atoms with Gasteiger partial charge in [-0.3, -0.25) is 9.59 Å². The molecule has 1 aromatic carbocycles. The highest BCUT2D eigenvalue weighted by atomic mass is 32.1. The van der Waals surface area contributed by atoms with Gasteiger partial charge in [0.1, 0.15) is 0 Å². The predicted octanol–water partition coefficient (Wildman–Crippen LogP) is 4.03. The molecule has 2 amide bonds. The monoisotopic (exact) mass is 385 g/mol. The molecule has 2 N–H and O–H groups in total. The van der Waals surface area contributed by atoms with Crippen molar-refractivity contribution in [2.75, 3.05) is 0 Å². The Morgan fingerprint density at radius 1 is 0.963 bits per heavy atom. The Kier molecular flexibility index (Phi) is 5.72. The summed E-state index contributed by atoms with van der Waals surface area (Å²) in [7, 11) is 0. The smallest absolute Gasteiger partial charge is 0.251 e. The van der Waals surface area contributed by atoms with Crippen molar-refractivity contribution in [3.05, 3.63) is 29.3 Å². The van der Waals surface area contributed by atoms with Crippen LogP contribution in [0.5, 0.6) is 0 Å². The zero-order valence-electron chi connectivity index (χ0n) is 15.6. The zero-order chi connectivity index (χ0) is 18.6. The Hall–Kier alpha value is -1.95. The number of fused-ring (bicyclic) bond motifs is 1. The van der Waals surface area contributed by atoms with Crippen molar-refractivity contribution in [2.45, 2.75) is 69.9 Å². The first-order valence-electron chi connectivity index (χ1n) is 10.1. The Balaban J connectivity index is 1.28. The molecular weight excluding hydrogens is 358 g/mol. The lowest BCUT2D eigenvalue weighted by molar-refractivity contribution is -0.126. The van der Waals surface area contributed by atoms with E-state index in [0.717, 1.165) is 42.3 Å². The summed E-state index contributed by atoms with van der Waals surface area (Å²) in [5, 5.41) is 6.38. The number of amides is 2. The molecule has 2 aromatic rings. The summed E-state index contributed by atoms with van der Waals surface area (Å²) in [6.07, 6.45) is 9.60. The maximum Gasteiger partial charge on any atom is 0.251 e. The van der Waals surface area contributed by atoms with Crippen molar-refractivity contribution in [2.24, 2.45) is 5.92 Å². The minimum atomic E-state index is -0.0361. The molecule has 2 saturated carbocycles. The molecule has 1 aromatic heterocycles. The molecule has 0 spiro atoms. The standard InChI is InChI=1S/C21H27N3O2S/c25-20(14-5-3-1-2-4-6-14)23-16-8-9-17(12-16)24-21(26)15-7-10-18-19(11-15)27-13-22-18/h7,10-11,13-14,16-17H,1-6,8-9,12H2,(H,23,25)(H,24,26)/t16-,17+/m1/s1. The number of thiazole rings is 1. The first-order chi connectivity index (χ1) is 13.2. The van der Waals surface area contributed by atoms with Gasteiger partial charge in [0.05, 0.1) is 15.7 Å². The van der Waals surface area contributed by atoms with Crippen LogP contribution in [0.25, 0.3) is 10.2 Å². The van der Waals surface area contributed by atoms with Crippen molar-refractivity contribution in [3.8, 4) is 0 Å². The van der Waals surface area contributed by atoms with Crippen LogP contribution in [0.1, 0.15) is 68.1 Å². The summed E-state index contributed by atoms with van der Waals surface area (Å²) in [4.78, 5) is 29.4. The molecule has 2 aliphatic carbocycles. The van der Waals surface area contributed by atoms with Gasteiger partial charge in [-0.25, -0.2) is 4.98 Å². The van der Waals surface area contributed by atoms with Crippen molar-refractivity contribution >= 4 is 33.4 Å². The van der Waals surface area contributed by atoms with Gasteiger partial charge in [0.15, 0.2) is 0 Å². The summed E-state index contributed by atoms with van der Waals surface area (Å²) < 4.78 is 1.03. The van der Waals surface area contributed by atoms with E-state index in [1.807, 2.05) is 18.2 Å². The third kappa shape index (κ3) is 4.49. The number of nitrogens with one attached hydrogen (secondary N) is 2. The molecule has 144 valence electrons. The van der Waals surface area contributed by atoms with Gasteiger partial charge < -0.3 is 10.6 Å². The molecule has 5 nitrogen and oxygen atoms in total. The summed E-state index contributed by atoms with van der Waals surface area (Å²) in [5.74, 6) is 0.378. The van der Waals surface area contributed by atoms with Crippen molar-refractivity contribution in [3.63, 3.8) is 0 Å². The number of benzene rings is 1. The van der Waals surface area contributed by atoms with Crippen LogP contribution in [0.2, 0.25) is 0 Å². The van der Waals surface area contributed by atoms with Crippen LogP contribution in [0.4, 0.5) is 0 Å². The molecule has 0 aliphatic heterocycles. The normalized spacial score (nSPS) is 23.9. The molecule has 0 saturated heterocycles. The van der Waals surface area contributed by atoms with Crippen molar-refractivity contribution < 1.29 is 9.59 Å². The van der Waals surface area contributed by atoms with E-state index >= 15 is 0 Å². The Labute approximate surface area is 163 Å². The summed E-state index contributed by atoms with van der Waals surface area (Å²) >= 11 is 1.55. The summed E-state index contributed by atoms with van der Waals surface area (Å²) in [6, 6.07) is 5.95. The third-order valence-electron chi connectivity index (χ3n) is 5.93. The lowest BCUT2D eigenvalue weighted by Gasteiger charge is -2.19. The second kappa shape index (κ2) is 8.38. The third-order valence-corrected chi connectivity index (χ3v) is 6.73. The second-order valence-electron chi connectivity index (χ2n) is 7.91. The molecule has 4 rings (SSSR count). The van der Waals surface area contributed by atoms with Crippen LogP contribution in [0.3, 0.4) is 0 Å². The highest BCUT2D eigenvalue weighted by molar-refractivity contribution is 7.16. The Bertz CT molecular complexity index is 811. The number of carbonyl (C=O) groups excluding carboxylic acids is 2. The van der Waals surface area contributed by atoms with E-state index in [0.29, 0.717) is 5.56 Å². The van der Waals surface area contributed by atoms with Crippen LogP contribution in [0.15, 0.2) is 23.7 Å². The lowest BCUT2D eigenvalue weighted by atomic mass is 9.99. The Morgan fingerprint density at radius 2 is 1.70 bits per heavy atom. The van der Waals surface area contributed by atoms with Gasteiger partial charge in [-0.15, -0.1) is 11.3 Å². The summed E-state index contributed by atoms with van der Waals surface area (Å²) in [5.41, 5.74) is 3.40. The highest BCUT2D eigenvalue weighted by Gasteiger charge is 2.29. The highest BCUT2D eigenvalue weighted by Crippen LogP contribution is 2.25. The van der Waals surface area contributed by atoms with E-state index in [-0.39, 0.29) is 29.8 Å². The summed E-state index contributed by atoms with van der Waals surface area (Å²) in [6.45, 7) is 0. The average molecular weight is 386 g/mol. The number of hydrogen-bond donors (Lipinski definition) is 2. The number of hydrogen-bond acceptors (Lipinski definition) is 4. The molecule has 2 aliphatic rings. The van der Waals surface area contributed by atoms with Gasteiger partial charge in [-0.1, -0.05) is 25.7 Å². The van der Waals surface area contributed by atoms with Crippen molar-refractivity contribution in [1.29, 1.82) is 0 Å². The Morgan fingerprint density at radius 3 is 2.48 bits per heavy atom. The minimum absolute atomic E-state index is 0.0361. The molecule has 0 radical (unpaired) electrons. The maximum atomic E-state index is 12.6. The van der Waals surface area contributed by atoms with Gasteiger partial charge in [0, 0.05) is 23.6 Å². The average Bonchev–Trinajstić information content (AvgIpc) is 3.22. The fourth-order valence-corrected chi connectivity index (χ4v) is 5.09. The van der Waals surface area contributed by atoms with E-state index < -0.39 is 0 Å². The molecule has 2 atom stereocenters. The van der Waals surface area contributed by atoms with Gasteiger partial charge in [-0.05, 0) is 50.3 Å². The van der Waals surface area contributed by atoms with E-state index in [1.54, 1.807) is 16.8 Å². The molecule has 0 bridgehead atoms. The van der Waals surface area contributed by atoms with E-state index in [9.17, 15) is 9.59 Å². The van der Waals surface area contributed by atoms with Gasteiger partial charge in [0.2, 0.25) is 5.91 Å². The fraction of sp³-hybridized carbons (Fsp3) is 0.571. The largest absolute Gasteiger partial charge is 0.353 e. The maximum absolute atomic E-state index is 12.6. The van der Waals surface area contributed by atoms with E-state index in [2.05, 4.69) is 15.6 Å². The number of rotatable bonds is 4. The molecular formula is C21H27N3O2S. The predicted molar refractivity (Wildman–Crippen MR) is 108 cm³/mol. The molecule has 1 heterocycles. The van der Waals surface area contributed by atoms with Gasteiger partial charge in [-0.2, -0.15) is 0 Å². The number of carbonyl (C=O) groups is 2. The van der Waals surface area contributed by atoms with Gasteiger partial charge in [0.25, 0.3) is 5.91 Å². The molecule has 27 heavy (non-hydrogen) atoms. The second-order valence-corrected chi connectivity index (χ2v) is 8.80. The number of nitrogens with zero attached hydrogens (tertiary/aromatic N) is 1. The number of aromatic nitrogens is 1. The van der Waals surface area contributed by atoms with Crippen LogP contribution >= 0.6 is 11.3 Å². The molecule has 6 heteroatoms. The molecule has 2 fully saturated rings. The molecule has 0 unspecified atom stereocenters. The first kappa shape index (κ1) is 18.4. The fourth-order valence-electron chi connectivity index (χ4n) is 4.37. The zero-order valence-corrected chi connectivity index (χ0v) is 16.4. The van der Waals surface area contributed by atoms with E-state index in [4.69, 9.17) is 0 Å². The lowest BCUT2D eigenvalue weighted by Crippen LogP contribution is -2.39. The van der Waals surface area contributed by atoms with Gasteiger partial charge >= 0.3 is 0 Å². The van der Waals surface area contributed by atoms with E-state index in [1.165, 1.54) is 25.7 Å².